The van der Waals surface area contributed by atoms with Crippen molar-refractivity contribution < 1.29 is 0 Å². The smallest absolute Gasteiger partial charge is 0.131 e. The fraction of sp³-hybridized carbons (Fsp3) is 0.550. The predicted molar refractivity (Wildman–Crippen MR) is 94.7 cm³/mol. The Morgan fingerprint density at radius 2 is 2.00 bits per heavy atom. The van der Waals surface area contributed by atoms with Gasteiger partial charge < -0.3 is 0 Å². The summed E-state index contributed by atoms with van der Waals surface area (Å²) in [6, 6.07) is 6.27. The third-order valence-electron chi connectivity index (χ3n) is 5.35. The molecule has 1 fully saturated rings. The first-order valence-corrected chi connectivity index (χ1v) is 9.27. The van der Waals surface area contributed by atoms with Crippen LogP contribution in [0.5, 0.6) is 0 Å². The van der Waals surface area contributed by atoms with Crippen LogP contribution in [0, 0.1) is 6.92 Å². The van der Waals surface area contributed by atoms with Gasteiger partial charge in [0.05, 0.1) is 11.4 Å². The van der Waals surface area contributed by atoms with E-state index in [4.69, 9.17) is 9.97 Å². The first kappa shape index (κ1) is 15.7. The molecule has 3 heterocycles. The van der Waals surface area contributed by atoms with E-state index >= 15 is 0 Å². The zero-order valence-electron chi connectivity index (χ0n) is 14.5. The van der Waals surface area contributed by atoms with Crippen LogP contribution in [0.3, 0.4) is 0 Å². The summed E-state index contributed by atoms with van der Waals surface area (Å²) in [5.74, 6) is 1.67. The van der Waals surface area contributed by atoms with Crippen LogP contribution in [0.25, 0.3) is 0 Å². The van der Waals surface area contributed by atoms with Crippen molar-refractivity contribution >= 4 is 0 Å². The van der Waals surface area contributed by atoms with Crippen LogP contribution in [0.2, 0.25) is 0 Å². The fourth-order valence-electron chi connectivity index (χ4n) is 3.98. The molecule has 24 heavy (non-hydrogen) atoms. The summed E-state index contributed by atoms with van der Waals surface area (Å²) in [6.45, 7) is 4.95. The van der Waals surface area contributed by atoms with Gasteiger partial charge >= 0.3 is 0 Å². The molecule has 1 aliphatic carbocycles. The number of nitrogens with zero attached hydrogens (tertiary/aromatic N) is 4. The molecular formula is C20H26N4. The Morgan fingerprint density at radius 3 is 2.83 bits per heavy atom. The topological polar surface area (TPSA) is 41.9 Å². The largest absolute Gasteiger partial charge is 0.291 e. The van der Waals surface area contributed by atoms with E-state index in [-0.39, 0.29) is 0 Å². The van der Waals surface area contributed by atoms with E-state index in [9.17, 15) is 0 Å². The lowest BCUT2D eigenvalue weighted by Gasteiger charge is -2.28. The van der Waals surface area contributed by atoms with E-state index in [1.165, 1.54) is 43.4 Å². The highest BCUT2D eigenvalue weighted by Crippen LogP contribution is 2.31. The van der Waals surface area contributed by atoms with Crippen LogP contribution in [0.4, 0.5) is 0 Å². The molecule has 0 atom stereocenters. The van der Waals surface area contributed by atoms with Gasteiger partial charge in [0, 0.05) is 37.4 Å². The van der Waals surface area contributed by atoms with Crippen LogP contribution in [0.15, 0.2) is 24.4 Å². The average Bonchev–Trinajstić information content (AvgIpc) is 2.62. The third kappa shape index (κ3) is 3.48. The van der Waals surface area contributed by atoms with Crippen molar-refractivity contribution in [3.05, 3.63) is 52.9 Å². The Hall–Kier alpha value is -1.81. The lowest BCUT2D eigenvalue weighted by molar-refractivity contribution is 0.237. The molecule has 0 aromatic carbocycles. The molecule has 4 nitrogen and oxygen atoms in total. The average molecular weight is 322 g/mol. The van der Waals surface area contributed by atoms with Gasteiger partial charge in [0.1, 0.15) is 5.82 Å². The summed E-state index contributed by atoms with van der Waals surface area (Å²) in [5.41, 5.74) is 4.82. The molecular weight excluding hydrogens is 296 g/mol. The maximum atomic E-state index is 4.97. The number of rotatable bonds is 3. The molecule has 1 saturated carbocycles. The van der Waals surface area contributed by atoms with Gasteiger partial charge in [-0.05, 0) is 43.9 Å². The Bertz CT molecular complexity index is 707. The summed E-state index contributed by atoms with van der Waals surface area (Å²) in [7, 11) is 0. The van der Waals surface area contributed by atoms with Crippen LogP contribution in [-0.4, -0.2) is 26.4 Å². The molecule has 0 spiro atoms. The Morgan fingerprint density at radius 1 is 1.12 bits per heavy atom. The monoisotopic (exact) mass is 322 g/mol. The first-order chi connectivity index (χ1) is 11.8. The van der Waals surface area contributed by atoms with Crippen molar-refractivity contribution in [1.29, 1.82) is 0 Å². The molecule has 0 saturated heterocycles. The molecule has 126 valence electrons. The maximum absolute atomic E-state index is 4.97. The van der Waals surface area contributed by atoms with Crippen LogP contribution >= 0.6 is 0 Å². The van der Waals surface area contributed by atoms with Gasteiger partial charge in [-0.2, -0.15) is 0 Å². The first-order valence-electron chi connectivity index (χ1n) is 9.27. The second-order valence-electron chi connectivity index (χ2n) is 7.27. The van der Waals surface area contributed by atoms with E-state index in [0.717, 1.165) is 43.3 Å². The molecule has 2 aromatic heterocycles. The normalized spacial score (nSPS) is 19.2. The number of hydrogen-bond acceptors (Lipinski definition) is 4. The van der Waals surface area contributed by atoms with E-state index in [2.05, 4.69) is 41.2 Å². The lowest BCUT2D eigenvalue weighted by atomic mass is 9.88. The van der Waals surface area contributed by atoms with Crippen molar-refractivity contribution in [2.45, 2.75) is 64.5 Å². The van der Waals surface area contributed by atoms with E-state index in [1.807, 2.05) is 0 Å². The van der Waals surface area contributed by atoms with Gasteiger partial charge in [-0.15, -0.1) is 0 Å². The van der Waals surface area contributed by atoms with Crippen molar-refractivity contribution in [3.8, 4) is 0 Å². The van der Waals surface area contributed by atoms with Gasteiger partial charge in [0.25, 0.3) is 0 Å². The number of aromatic nitrogens is 3. The minimum absolute atomic E-state index is 0.581. The molecule has 2 aliphatic rings. The quantitative estimate of drug-likeness (QED) is 0.862. The van der Waals surface area contributed by atoms with E-state index in [1.54, 1.807) is 0 Å². The number of hydrogen-bond donors (Lipinski definition) is 0. The molecule has 0 unspecified atom stereocenters. The summed E-state index contributed by atoms with van der Waals surface area (Å²) >= 11 is 0. The van der Waals surface area contributed by atoms with Crippen molar-refractivity contribution in [2.75, 3.05) is 6.54 Å². The third-order valence-corrected chi connectivity index (χ3v) is 5.35. The molecule has 2 aromatic rings. The standard InChI is InChI=1S/C20H26N4/c1-15-6-5-9-18(22-15)13-24-11-10-17-12-21-20(23-19(17)14-24)16-7-3-2-4-8-16/h5-6,9,12,16H,2-4,7-8,10-11,13-14H2,1H3. The molecule has 4 rings (SSSR count). The Labute approximate surface area is 144 Å². The van der Waals surface area contributed by atoms with Gasteiger partial charge in [-0.25, -0.2) is 9.97 Å². The van der Waals surface area contributed by atoms with Crippen LogP contribution in [-0.2, 0) is 19.5 Å². The minimum Gasteiger partial charge on any atom is -0.291 e. The fourth-order valence-corrected chi connectivity index (χ4v) is 3.98. The van der Waals surface area contributed by atoms with Gasteiger partial charge in [-0.1, -0.05) is 25.3 Å². The summed E-state index contributed by atoms with van der Waals surface area (Å²) in [4.78, 5) is 16.8. The van der Waals surface area contributed by atoms with Gasteiger partial charge in [0.2, 0.25) is 0 Å². The van der Waals surface area contributed by atoms with E-state index < -0.39 is 0 Å². The zero-order chi connectivity index (χ0) is 16.4. The molecule has 4 heteroatoms. The number of pyridine rings is 1. The molecule has 1 aliphatic heterocycles. The zero-order valence-corrected chi connectivity index (χ0v) is 14.5. The van der Waals surface area contributed by atoms with Gasteiger partial charge in [0.15, 0.2) is 0 Å². The van der Waals surface area contributed by atoms with Crippen molar-refractivity contribution in [2.24, 2.45) is 0 Å². The summed E-state index contributed by atoms with van der Waals surface area (Å²) in [5, 5.41) is 0. The second-order valence-corrected chi connectivity index (χ2v) is 7.27. The highest BCUT2D eigenvalue weighted by molar-refractivity contribution is 5.22. The molecule has 0 amide bonds. The highest BCUT2D eigenvalue weighted by atomic mass is 15.1. The summed E-state index contributed by atoms with van der Waals surface area (Å²) in [6.07, 6.45) is 9.69. The molecule has 0 bridgehead atoms. The van der Waals surface area contributed by atoms with Crippen LogP contribution in [0.1, 0.15) is 66.5 Å². The maximum Gasteiger partial charge on any atom is 0.131 e. The Kier molecular flexibility index (Phi) is 4.56. The minimum atomic E-state index is 0.581. The predicted octanol–water partition coefficient (Wildman–Crippen LogP) is 3.79. The van der Waals surface area contributed by atoms with E-state index in [0.29, 0.717) is 5.92 Å². The number of aryl methyl sites for hydroxylation is 1. The highest BCUT2D eigenvalue weighted by Gasteiger charge is 2.23. The van der Waals surface area contributed by atoms with Gasteiger partial charge in [-0.3, -0.25) is 9.88 Å². The SMILES string of the molecule is Cc1cccc(CN2CCc3cnc(C4CCCCC4)nc3C2)n1. The van der Waals surface area contributed by atoms with Crippen molar-refractivity contribution in [1.82, 2.24) is 19.9 Å². The van der Waals surface area contributed by atoms with Crippen molar-refractivity contribution in [3.63, 3.8) is 0 Å². The summed E-state index contributed by atoms with van der Waals surface area (Å²) < 4.78 is 0. The Balaban J connectivity index is 1.48. The number of fused-ring (bicyclic) bond motifs is 1. The van der Waals surface area contributed by atoms with Crippen LogP contribution < -0.4 is 0 Å². The molecule has 0 N–H and O–H groups in total. The molecule has 0 radical (unpaired) electrons. The second kappa shape index (κ2) is 6.98. The lowest BCUT2D eigenvalue weighted by Crippen LogP contribution is -2.31.